The van der Waals surface area contributed by atoms with E-state index in [9.17, 15) is 4.79 Å². The molecular formula is C16H24N2O. The van der Waals surface area contributed by atoms with Crippen molar-refractivity contribution in [3.8, 4) is 0 Å². The smallest absolute Gasteiger partial charge is 0.224 e. The van der Waals surface area contributed by atoms with E-state index in [0.717, 1.165) is 17.5 Å². The first-order valence-corrected chi connectivity index (χ1v) is 7.17. The van der Waals surface area contributed by atoms with Crippen LogP contribution < -0.4 is 11.1 Å². The predicted molar refractivity (Wildman–Crippen MR) is 77.5 cm³/mol. The summed E-state index contributed by atoms with van der Waals surface area (Å²) in [4.78, 5) is 12.0. The van der Waals surface area contributed by atoms with Crippen LogP contribution in [-0.4, -0.2) is 11.9 Å². The van der Waals surface area contributed by atoms with Crippen molar-refractivity contribution in [3.63, 3.8) is 0 Å². The number of hydrogen-bond donors (Lipinski definition) is 2. The van der Waals surface area contributed by atoms with Gasteiger partial charge in [-0.2, -0.15) is 0 Å². The van der Waals surface area contributed by atoms with Crippen LogP contribution in [0.2, 0.25) is 0 Å². The number of rotatable bonds is 4. The Bertz CT molecular complexity index is 427. The van der Waals surface area contributed by atoms with Gasteiger partial charge in [-0.1, -0.05) is 38.1 Å². The molecule has 1 aliphatic rings. The van der Waals surface area contributed by atoms with E-state index in [1.807, 2.05) is 24.3 Å². The minimum atomic E-state index is 0.131. The Labute approximate surface area is 115 Å². The van der Waals surface area contributed by atoms with Gasteiger partial charge in [-0.15, -0.1) is 0 Å². The summed E-state index contributed by atoms with van der Waals surface area (Å²) in [5.41, 5.74) is 7.71. The molecule has 1 amide bonds. The molecule has 0 heterocycles. The summed E-state index contributed by atoms with van der Waals surface area (Å²) in [7, 11) is 0. The monoisotopic (exact) mass is 260 g/mol. The lowest BCUT2D eigenvalue weighted by molar-refractivity contribution is -0.121. The number of nitrogens with two attached hydrogens (primary N) is 1. The van der Waals surface area contributed by atoms with Gasteiger partial charge in [0.15, 0.2) is 0 Å². The lowest BCUT2D eigenvalue weighted by Gasteiger charge is -2.19. The molecule has 0 saturated heterocycles. The summed E-state index contributed by atoms with van der Waals surface area (Å²) in [6.45, 7) is 5.05. The van der Waals surface area contributed by atoms with Crippen molar-refractivity contribution >= 4 is 5.91 Å². The Kier molecular flexibility index (Phi) is 4.59. The van der Waals surface area contributed by atoms with E-state index in [1.165, 1.54) is 6.42 Å². The topological polar surface area (TPSA) is 55.1 Å². The molecule has 104 valence electrons. The number of amides is 1. The Balaban J connectivity index is 1.87. The Morgan fingerprint density at radius 3 is 2.37 bits per heavy atom. The van der Waals surface area contributed by atoms with Crippen molar-refractivity contribution in [1.82, 2.24) is 5.32 Å². The van der Waals surface area contributed by atoms with E-state index in [-0.39, 0.29) is 5.91 Å². The number of benzene rings is 1. The van der Waals surface area contributed by atoms with Crippen LogP contribution in [0.4, 0.5) is 0 Å². The van der Waals surface area contributed by atoms with Gasteiger partial charge in [0.1, 0.15) is 0 Å². The zero-order chi connectivity index (χ0) is 13.8. The van der Waals surface area contributed by atoms with E-state index in [2.05, 4.69) is 19.2 Å². The average Bonchev–Trinajstić information content (AvgIpc) is 2.71. The fourth-order valence-electron chi connectivity index (χ4n) is 2.80. The lowest BCUT2D eigenvalue weighted by Crippen LogP contribution is -2.38. The second-order valence-corrected chi connectivity index (χ2v) is 5.79. The van der Waals surface area contributed by atoms with Crippen LogP contribution in [0.15, 0.2) is 24.3 Å². The summed E-state index contributed by atoms with van der Waals surface area (Å²) in [5, 5.41) is 3.17. The van der Waals surface area contributed by atoms with Gasteiger partial charge in [-0.3, -0.25) is 4.79 Å². The fourth-order valence-corrected chi connectivity index (χ4v) is 2.80. The minimum absolute atomic E-state index is 0.131. The first-order chi connectivity index (χ1) is 9.10. The highest BCUT2D eigenvalue weighted by atomic mass is 16.1. The molecule has 0 radical (unpaired) electrons. The third kappa shape index (κ3) is 3.57. The Hall–Kier alpha value is -1.35. The molecule has 3 atom stereocenters. The van der Waals surface area contributed by atoms with Crippen LogP contribution >= 0.6 is 0 Å². The molecule has 2 rings (SSSR count). The average molecular weight is 260 g/mol. The largest absolute Gasteiger partial charge is 0.353 e. The molecule has 1 saturated carbocycles. The molecule has 1 fully saturated rings. The fraction of sp³-hybridized carbons (Fsp3) is 0.562. The van der Waals surface area contributed by atoms with Crippen LogP contribution in [0.5, 0.6) is 0 Å². The molecule has 1 aromatic rings. The molecule has 3 nitrogen and oxygen atoms in total. The zero-order valence-electron chi connectivity index (χ0n) is 11.9. The molecule has 0 aromatic heterocycles. The molecule has 0 spiro atoms. The van der Waals surface area contributed by atoms with Gasteiger partial charge in [0.25, 0.3) is 0 Å². The van der Waals surface area contributed by atoms with E-state index in [4.69, 9.17) is 5.73 Å². The van der Waals surface area contributed by atoms with E-state index < -0.39 is 0 Å². The maximum atomic E-state index is 12.0. The number of hydrogen-bond acceptors (Lipinski definition) is 2. The second-order valence-electron chi connectivity index (χ2n) is 5.79. The summed E-state index contributed by atoms with van der Waals surface area (Å²) in [6, 6.07) is 8.31. The SMILES string of the molecule is CC1CCC(NC(=O)Cc2ccc(CN)cc2)C1C. The van der Waals surface area contributed by atoms with E-state index in [1.54, 1.807) is 0 Å². The Morgan fingerprint density at radius 2 is 1.84 bits per heavy atom. The summed E-state index contributed by atoms with van der Waals surface area (Å²) in [5.74, 6) is 1.43. The molecular weight excluding hydrogens is 236 g/mol. The molecule has 3 heteroatoms. The molecule has 3 unspecified atom stereocenters. The van der Waals surface area contributed by atoms with Crippen LogP contribution in [0.3, 0.4) is 0 Å². The van der Waals surface area contributed by atoms with E-state index >= 15 is 0 Å². The number of carbonyl (C=O) groups is 1. The van der Waals surface area contributed by atoms with Crippen LogP contribution in [-0.2, 0) is 17.8 Å². The number of nitrogens with one attached hydrogen (secondary N) is 1. The van der Waals surface area contributed by atoms with Gasteiger partial charge in [-0.05, 0) is 35.8 Å². The van der Waals surface area contributed by atoms with Gasteiger partial charge < -0.3 is 11.1 Å². The van der Waals surface area contributed by atoms with Crippen LogP contribution in [0, 0.1) is 11.8 Å². The summed E-state index contributed by atoms with van der Waals surface area (Å²) < 4.78 is 0. The van der Waals surface area contributed by atoms with Gasteiger partial charge in [0, 0.05) is 12.6 Å². The Morgan fingerprint density at radius 1 is 1.21 bits per heavy atom. The molecule has 0 aliphatic heterocycles. The summed E-state index contributed by atoms with van der Waals surface area (Å²) in [6.07, 6.45) is 2.79. The quantitative estimate of drug-likeness (QED) is 0.872. The molecule has 19 heavy (non-hydrogen) atoms. The van der Waals surface area contributed by atoms with Gasteiger partial charge >= 0.3 is 0 Å². The highest BCUT2D eigenvalue weighted by molar-refractivity contribution is 5.78. The van der Waals surface area contributed by atoms with Crippen molar-refractivity contribution in [2.24, 2.45) is 17.6 Å². The molecule has 1 aromatic carbocycles. The van der Waals surface area contributed by atoms with E-state index in [0.29, 0.717) is 30.8 Å². The second kappa shape index (κ2) is 6.20. The molecule has 1 aliphatic carbocycles. The normalized spacial score (nSPS) is 26.4. The summed E-state index contributed by atoms with van der Waals surface area (Å²) >= 11 is 0. The van der Waals surface area contributed by atoms with Crippen molar-refractivity contribution in [1.29, 1.82) is 0 Å². The first-order valence-electron chi connectivity index (χ1n) is 7.17. The van der Waals surface area contributed by atoms with Crippen molar-refractivity contribution in [3.05, 3.63) is 35.4 Å². The minimum Gasteiger partial charge on any atom is -0.353 e. The highest BCUT2D eigenvalue weighted by Crippen LogP contribution is 2.31. The third-order valence-electron chi connectivity index (χ3n) is 4.43. The van der Waals surface area contributed by atoms with Crippen molar-refractivity contribution < 1.29 is 4.79 Å². The van der Waals surface area contributed by atoms with Crippen LogP contribution in [0.1, 0.15) is 37.8 Å². The van der Waals surface area contributed by atoms with Gasteiger partial charge in [0.2, 0.25) is 5.91 Å². The van der Waals surface area contributed by atoms with Gasteiger partial charge in [-0.25, -0.2) is 0 Å². The first kappa shape index (κ1) is 14.1. The van der Waals surface area contributed by atoms with Crippen molar-refractivity contribution in [2.45, 2.75) is 45.7 Å². The molecule has 3 N–H and O–H groups in total. The predicted octanol–water partition coefficient (Wildman–Crippen LogP) is 2.24. The van der Waals surface area contributed by atoms with Gasteiger partial charge in [0.05, 0.1) is 6.42 Å². The number of carbonyl (C=O) groups excluding carboxylic acids is 1. The zero-order valence-corrected chi connectivity index (χ0v) is 11.9. The maximum Gasteiger partial charge on any atom is 0.224 e. The molecule has 0 bridgehead atoms. The standard InChI is InChI=1S/C16H24N2O/c1-11-3-8-15(12(11)2)18-16(19)9-13-4-6-14(10-17)7-5-13/h4-7,11-12,15H,3,8-10,17H2,1-2H3,(H,18,19). The lowest BCUT2D eigenvalue weighted by atomic mass is 9.97. The highest BCUT2D eigenvalue weighted by Gasteiger charge is 2.30. The maximum absolute atomic E-state index is 12.0. The van der Waals surface area contributed by atoms with Crippen molar-refractivity contribution in [2.75, 3.05) is 0 Å². The third-order valence-corrected chi connectivity index (χ3v) is 4.43. The van der Waals surface area contributed by atoms with Crippen LogP contribution in [0.25, 0.3) is 0 Å².